The van der Waals surface area contributed by atoms with Crippen molar-refractivity contribution >= 4 is 17.5 Å². The zero-order chi connectivity index (χ0) is 14.5. The van der Waals surface area contributed by atoms with Gasteiger partial charge in [0, 0.05) is 25.5 Å². The molecule has 2 aromatic heterocycles. The van der Waals surface area contributed by atoms with Gasteiger partial charge in [-0.3, -0.25) is 4.79 Å². The van der Waals surface area contributed by atoms with Gasteiger partial charge >= 0.3 is 0 Å². The van der Waals surface area contributed by atoms with Crippen LogP contribution in [0.5, 0.6) is 0 Å². The van der Waals surface area contributed by atoms with Crippen LogP contribution in [-0.4, -0.2) is 27.0 Å². The van der Waals surface area contributed by atoms with Crippen molar-refractivity contribution < 1.29 is 4.79 Å². The van der Waals surface area contributed by atoms with Crippen LogP contribution in [0.2, 0.25) is 5.15 Å². The minimum atomic E-state index is -0.132. The standard InChI is InChI=1S/C14H17ClN4O/c1-10-9-19(11(2)18-10)7-3-6-16-14(20)12-4-5-13(15)17-8-12/h4-5,8-9H,3,6-7H2,1-2H3,(H,16,20). The number of rotatable bonds is 5. The third-order valence-corrected chi connectivity index (χ3v) is 3.17. The van der Waals surface area contributed by atoms with Gasteiger partial charge in [0.1, 0.15) is 11.0 Å². The Morgan fingerprint density at radius 2 is 2.20 bits per heavy atom. The van der Waals surface area contributed by atoms with E-state index in [4.69, 9.17) is 11.6 Å². The van der Waals surface area contributed by atoms with E-state index in [-0.39, 0.29) is 5.91 Å². The third-order valence-electron chi connectivity index (χ3n) is 2.95. The van der Waals surface area contributed by atoms with Crippen molar-refractivity contribution in [2.24, 2.45) is 0 Å². The van der Waals surface area contributed by atoms with Gasteiger partial charge in [-0.25, -0.2) is 9.97 Å². The molecular formula is C14H17ClN4O. The summed E-state index contributed by atoms with van der Waals surface area (Å²) in [6, 6.07) is 3.27. The summed E-state index contributed by atoms with van der Waals surface area (Å²) in [5.74, 6) is 0.864. The largest absolute Gasteiger partial charge is 0.352 e. The molecule has 0 aliphatic heterocycles. The van der Waals surface area contributed by atoms with Crippen molar-refractivity contribution in [2.75, 3.05) is 6.54 Å². The lowest BCUT2D eigenvalue weighted by Gasteiger charge is -2.07. The second-order valence-corrected chi connectivity index (χ2v) is 4.99. The van der Waals surface area contributed by atoms with E-state index in [1.54, 1.807) is 12.1 Å². The minimum Gasteiger partial charge on any atom is -0.352 e. The average Bonchev–Trinajstić information content (AvgIpc) is 2.73. The summed E-state index contributed by atoms with van der Waals surface area (Å²) in [7, 11) is 0. The SMILES string of the molecule is Cc1cn(CCCNC(=O)c2ccc(Cl)nc2)c(C)n1. The molecule has 0 atom stereocenters. The molecule has 2 rings (SSSR count). The number of carbonyl (C=O) groups is 1. The Balaban J connectivity index is 1.77. The molecule has 6 heteroatoms. The van der Waals surface area contributed by atoms with Crippen LogP contribution in [0.1, 0.15) is 28.3 Å². The first kappa shape index (κ1) is 14.5. The predicted octanol–water partition coefficient (Wildman–Crippen LogP) is 2.37. The van der Waals surface area contributed by atoms with Crippen molar-refractivity contribution in [2.45, 2.75) is 26.8 Å². The average molecular weight is 293 g/mol. The second-order valence-electron chi connectivity index (χ2n) is 4.60. The Kier molecular flexibility index (Phi) is 4.74. The molecule has 0 unspecified atom stereocenters. The van der Waals surface area contributed by atoms with Crippen molar-refractivity contribution in [3.8, 4) is 0 Å². The Morgan fingerprint density at radius 3 is 2.80 bits per heavy atom. The fraction of sp³-hybridized carbons (Fsp3) is 0.357. The van der Waals surface area contributed by atoms with Gasteiger partial charge in [0.15, 0.2) is 0 Å². The fourth-order valence-corrected chi connectivity index (χ4v) is 2.07. The zero-order valence-corrected chi connectivity index (χ0v) is 12.3. The predicted molar refractivity (Wildman–Crippen MR) is 77.9 cm³/mol. The lowest BCUT2D eigenvalue weighted by molar-refractivity contribution is 0.0952. The number of amides is 1. The van der Waals surface area contributed by atoms with Crippen molar-refractivity contribution in [1.29, 1.82) is 0 Å². The van der Waals surface area contributed by atoms with Crippen LogP contribution in [0, 0.1) is 13.8 Å². The zero-order valence-electron chi connectivity index (χ0n) is 11.6. The summed E-state index contributed by atoms with van der Waals surface area (Å²) in [5, 5.41) is 3.24. The normalized spacial score (nSPS) is 10.6. The minimum absolute atomic E-state index is 0.132. The van der Waals surface area contributed by atoms with E-state index in [0.29, 0.717) is 17.3 Å². The van der Waals surface area contributed by atoms with E-state index in [0.717, 1.165) is 24.5 Å². The Morgan fingerprint density at radius 1 is 1.40 bits per heavy atom. The van der Waals surface area contributed by atoms with Crippen molar-refractivity contribution in [3.63, 3.8) is 0 Å². The van der Waals surface area contributed by atoms with Gasteiger partial charge < -0.3 is 9.88 Å². The molecule has 0 aromatic carbocycles. The Labute approximate surface area is 123 Å². The lowest BCUT2D eigenvalue weighted by atomic mass is 10.2. The van der Waals surface area contributed by atoms with E-state index in [1.165, 1.54) is 6.20 Å². The fourth-order valence-electron chi connectivity index (χ4n) is 1.96. The van der Waals surface area contributed by atoms with Gasteiger partial charge in [-0.1, -0.05) is 11.6 Å². The summed E-state index contributed by atoms with van der Waals surface area (Å²) in [4.78, 5) is 20.0. The molecule has 0 aliphatic rings. The summed E-state index contributed by atoms with van der Waals surface area (Å²) in [5.41, 5.74) is 1.53. The van der Waals surface area contributed by atoms with E-state index >= 15 is 0 Å². The molecule has 0 spiro atoms. The summed E-state index contributed by atoms with van der Waals surface area (Å²) in [6.07, 6.45) is 4.34. The number of aryl methyl sites for hydroxylation is 3. The molecular weight excluding hydrogens is 276 g/mol. The first-order valence-corrected chi connectivity index (χ1v) is 6.84. The van der Waals surface area contributed by atoms with E-state index in [2.05, 4.69) is 19.9 Å². The number of halogens is 1. The summed E-state index contributed by atoms with van der Waals surface area (Å²) in [6.45, 7) is 5.40. The first-order chi connectivity index (χ1) is 9.56. The molecule has 2 aromatic rings. The van der Waals surface area contributed by atoms with Gasteiger partial charge in [0.05, 0.1) is 11.3 Å². The van der Waals surface area contributed by atoms with Crippen LogP contribution in [0.3, 0.4) is 0 Å². The number of hydrogen-bond donors (Lipinski definition) is 1. The van der Waals surface area contributed by atoms with Gasteiger partial charge in [-0.05, 0) is 32.4 Å². The highest BCUT2D eigenvalue weighted by atomic mass is 35.5. The maximum atomic E-state index is 11.8. The summed E-state index contributed by atoms with van der Waals surface area (Å²) < 4.78 is 2.09. The van der Waals surface area contributed by atoms with Gasteiger partial charge in [-0.15, -0.1) is 0 Å². The smallest absolute Gasteiger partial charge is 0.252 e. The number of nitrogens with one attached hydrogen (secondary N) is 1. The van der Waals surface area contributed by atoms with E-state index < -0.39 is 0 Å². The molecule has 0 aliphatic carbocycles. The third kappa shape index (κ3) is 3.81. The number of hydrogen-bond acceptors (Lipinski definition) is 3. The van der Waals surface area contributed by atoms with Crippen LogP contribution < -0.4 is 5.32 Å². The van der Waals surface area contributed by atoms with Gasteiger partial charge in [0.2, 0.25) is 0 Å². The topological polar surface area (TPSA) is 59.8 Å². The lowest BCUT2D eigenvalue weighted by Crippen LogP contribution is -2.25. The number of imidazole rings is 1. The van der Waals surface area contributed by atoms with Crippen molar-refractivity contribution in [3.05, 3.63) is 46.8 Å². The molecule has 2 heterocycles. The molecule has 0 saturated heterocycles. The first-order valence-electron chi connectivity index (χ1n) is 6.46. The molecule has 0 saturated carbocycles. The van der Waals surface area contributed by atoms with Crippen LogP contribution >= 0.6 is 11.6 Å². The Hall–Kier alpha value is -1.88. The molecule has 0 fully saturated rings. The maximum absolute atomic E-state index is 11.8. The number of pyridine rings is 1. The molecule has 1 N–H and O–H groups in total. The number of aromatic nitrogens is 3. The Bertz CT molecular complexity index is 592. The van der Waals surface area contributed by atoms with Crippen LogP contribution in [0.25, 0.3) is 0 Å². The van der Waals surface area contributed by atoms with Crippen LogP contribution in [0.4, 0.5) is 0 Å². The number of carbonyl (C=O) groups excluding carboxylic acids is 1. The molecule has 1 amide bonds. The van der Waals surface area contributed by atoms with Crippen molar-refractivity contribution in [1.82, 2.24) is 19.9 Å². The van der Waals surface area contributed by atoms with E-state index in [9.17, 15) is 4.79 Å². The molecule has 0 radical (unpaired) electrons. The molecule has 0 bridgehead atoms. The van der Waals surface area contributed by atoms with Crippen LogP contribution in [-0.2, 0) is 6.54 Å². The highest BCUT2D eigenvalue weighted by Gasteiger charge is 2.05. The molecule has 106 valence electrons. The van der Waals surface area contributed by atoms with Gasteiger partial charge in [0.25, 0.3) is 5.91 Å². The highest BCUT2D eigenvalue weighted by Crippen LogP contribution is 2.05. The highest BCUT2D eigenvalue weighted by molar-refractivity contribution is 6.29. The molecule has 5 nitrogen and oxygen atoms in total. The quantitative estimate of drug-likeness (QED) is 0.680. The monoisotopic (exact) mass is 292 g/mol. The second kappa shape index (κ2) is 6.52. The number of nitrogens with zero attached hydrogens (tertiary/aromatic N) is 3. The molecule has 20 heavy (non-hydrogen) atoms. The summed E-state index contributed by atoms with van der Waals surface area (Å²) >= 11 is 5.68. The maximum Gasteiger partial charge on any atom is 0.252 e. The van der Waals surface area contributed by atoms with E-state index in [1.807, 2.05) is 20.0 Å². The van der Waals surface area contributed by atoms with Gasteiger partial charge in [-0.2, -0.15) is 0 Å². The van der Waals surface area contributed by atoms with Crippen LogP contribution in [0.15, 0.2) is 24.5 Å².